The molecule has 0 aromatic carbocycles. The van der Waals surface area contributed by atoms with Crippen molar-refractivity contribution in [1.29, 1.82) is 0 Å². The second kappa shape index (κ2) is 4.11. The summed E-state index contributed by atoms with van der Waals surface area (Å²) in [4.78, 5) is 20.9. The van der Waals surface area contributed by atoms with E-state index in [1.54, 1.807) is 13.8 Å². The molecule has 0 amide bonds. The van der Waals surface area contributed by atoms with Crippen LogP contribution >= 0.6 is 0 Å². The van der Waals surface area contributed by atoms with Crippen LogP contribution in [-0.4, -0.2) is 17.4 Å². The lowest BCUT2D eigenvalue weighted by molar-refractivity contribution is -0.150. The summed E-state index contributed by atoms with van der Waals surface area (Å²) in [6, 6.07) is 0. The monoisotopic (exact) mass is 158 g/mol. The lowest BCUT2D eigenvalue weighted by atomic mass is 9.80. The summed E-state index contributed by atoms with van der Waals surface area (Å²) in [6.07, 6.45) is 1.82. The quantitative estimate of drug-likeness (QED) is 0.616. The molecule has 0 fully saturated rings. The number of carboxylic acid groups (broad SMARTS) is 1. The van der Waals surface area contributed by atoms with E-state index in [9.17, 15) is 9.59 Å². The van der Waals surface area contributed by atoms with Crippen molar-refractivity contribution in [3.63, 3.8) is 0 Å². The number of carbonyl (C=O) groups is 2. The zero-order chi connectivity index (χ0) is 8.91. The molecular formula is C8H14O3. The molecule has 3 nitrogen and oxygen atoms in total. The van der Waals surface area contributed by atoms with E-state index in [1.807, 2.05) is 0 Å². The van der Waals surface area contributed by atoms with Crippen LogP contribution in [0.25, 0.3) is 0 Å². The van der Waals surface area contributed by atoms with Gasteiger partial charge < -0.3 is 9.90 Å². The average molecular weight is 158 g/mol. The number of carbonyl (C=O) groups excluding carboxylic acids is 1. The highest BCUT2D eigenvalue weighted by Gasteiger charge is 2.33. The van der Waals surface area contributed by atoms with Crippen LogP contribution in [0.1, 0.15) is 33.1 Å². The van der Waals surface area contributed by atoms with E-state index >= 15 is 0 Å². The van der Waals surface area contributed by atoms with Crippen molar-refractivity contribution in [3.8, 4) is 0 Å². The van der Waals surface area contributed by atoms with Crippen molar-refractivity contribution in [3.05, 3.63) is 0 Å². The van der Waals surface area contributed by atoms with Gasteiger partial charge in [-0.05, 0) is 12.8 Å². The van der Waals surface area contributed by atoms with E-state index in [2.05, 4.69) is 0 Å². The van der Waals surface area contributed by atoms with Gasteiger partial charge >= 0.3 is 5.97 Å². The number of hydrogen-bond acceptors (Lipinski definition) is 2. The van der Waals surface area contributed by atoms with Crippen molar-refractivity contribution in [2.24, 2.45) is 5.41 Å². The fraction of sp³-hybridized carbons (Fsp3) is 0.750. The fourth-order valence-corrected chi connectivity index (χ4v) is 1.09. The second-order valence-electron chi connectivity index (χ2n) is 2.66. The summed E-state index contributed by atoms with van der Waals surface area (Å²) in [7, 11) is 0. The summed E-state index contributed by atoms with van der Waals surface area (Å²) >= 11 is 0. The minimum atomic E-state index is -0.866. The van der Waals surface area contributed by atoms with Crippen LogP contribution in [0.2, 0.25) is 0 Å². The third kappa shape index (κ3) is 2.03. The third-order valence-corrected chi connectivity index (χ3v) is 2.28. The Balaban J connectivity index is 4.45. The zero-order valence-corrected chi connectivity index (χ0v) is 6.96. The van der Waals surface area contributed by atoms with Crippen molar-refractivity contribution in [2.75, 3.05) is 0 Å². The first-order chi connectivity index (χ1) is 5.13. The zero-order valence-electron chi connectivity index (χ0n) is 6.96. The lowest BCUT2D eigenvalue weighted by Crippen LogP contribution is -2.29. The molecular weight excluding hydrogens is 144 g/mol. The minimum Gasteiger partial charge on any atom is -0.481 e. The maximum absolute atomic E-state index is 10.7. The Morgan fingerprint density at radius 1 is 1.45 bits per heavy atom. The first-order valence-corrected chi connectivity index (χ1v) is 3.80. The van der Waals surface area contributed by atoms with E-state index in [-0.39, 0.29) is 6.42 Å². The first-order valence-electron chi connectivity index (χ1n) is 3.80. The summed E-state index contributed by atoms with van der Waals surface area (Å²) in [5, 5.41) is 8.80. The maximum atomic E-state index is 10.7. The largest absolute Gasteiger partial charge is 0.481 e. The normalized spacial score (nSPS) is 11.1. The molecule has 0 bridgehead atoms. The van der Waals surface area contributed by atoms with Gasteiger partial charge in [0.25, 0.3) is 0 Å². The van der Waals surface area contributed by atoms with Crippen LogP contribution in [0.3, 0.4) is 0 Å². The Bertz CT molecular complexity index is 147. The van der Waals surface area contributed by atoms with Gasteiger partial charge in [0.1, 0.15) is 6.29 Å². The highest BCUT2D eigenvalue weighted by Crippen LogP contribution is 2.29. The molecule has 0 radical (unpaired) electrons. The number of carboxylic acids is 1. The maximum Gasteiger partial charge on any atom is 0.310 e. The van der Waals surface area contributed by atoms with Gasteiger partial charge in [0.05, 0.1) is 5.41 Å². The Morgan fingerprint density at radius 3 is 2.00 bits per heavy atom. The van der Waals surface area contributed by atoms with Crippen LogP contribution in [0, 0.1) is 5.41 Å². The van der Waals surface area contributed by atoms with Crippen LogP contribution in [-0.2, 0) is 9.59 Å². The van der Waals surface area contributed by atoms with E-state index in [4.69, 9.17) is 5.11 Å². The standard InChI is InChI=1S/C8H14O3/c1-3-8(4-2,5-6-9)7(10)11/h6H,3-5H2,1-2H3,(H,10,11). The van der Waals surface area contributed by atoms with Gasteiger partial charge in [-0.2, -0.15) is 0 Å². The molecule has 0 aliphatic rings. The van der Waals surface area contributed by atoms with Gasteiger partial charge in [-0.3, -0.25) is 4.79 Å². The van der Waals surface area contributed by atoms with E-state index in [0.717, 1.165) is 0 Å². The number of hydrogen-bond donors (Lipinski definition) is 1. The molecule has 0 saturated carbocycles. The Morgan fingerprint density at radius 2 is 1.91 bits per heavy atom. The molecule has 0 aliphatic heterocycles. The predicted molar refractivity (Wildman–Crippen MR) is 41.3 cm³/mol. The molecule has 64 valence electrons. The lowest BCUT2D eigenvalue weighted by Gasteiger charge is -2.23. The smallest absolute Gasteiger partial charge is 0.310 e. The molecule has 11 heavy (non-hydrogen) atoms. The third-order valence-electron chi connectivity index (χ3n) is 2.28. The van der Waals surface area contributed by atoms with Gasteiger partial charge in [0, 0.05) is 6.42 Å². The van der Waals surface area contributed by atoms with Crippen LogP contribution < -0.4 is 0 Å². The average Bonchev–Trinajstić information content (AvgIpc) is 2.00. The van der Waals surface area contributed by atoms with Gasteiger partial charge in [-0.15, -0.1) is 0 Å². The van der Waals surface area contributed by atoms with E-state index < -0.39 is 11.4 Å². The molecule has 0 heterocycles. The Kier molecular flexibility index (Phi) is 3.79. The second-order valence-corrected chi connectivity index (χ2v) is 2.66. The molecule has 0 atom stereocenters. The summed E-state index contributed by atoms with van der Waals surface area (Å²) in [5.74, 6) is -0.866. The Hall–Kier alpha value is -0.860. The molecule has 0 saturated heterocycles. The van der Waals surface area contributed by atoms with Crippen molar-refractivity contribution in [1.82, 2.24) is 0 Å². The summed E-state index contributed by atoms with van der Waals surface area (Å²) in [5.41, 5.74) is -0.818. The van der Waals surface area contributed by atoms with E-state index in [1.165, 1.54) is 0 Å². The van der Waals surface area contributed by atoms with Crippen molar-refractivity contribution < 1.29 is 14.7 Å². The van der Waals surface area contributed by atoms with Crippen LogP contribution in [0.15, 0.2) is 0 Å². The fourth-order valence-electron chi connectivity index (χ4n) is 1.09. The molecule has 0 unspecified atom stereocenters. The SMILES string of the molecule is CCC(CC)(CC=O)C(=O)O. The van der Waals surface area contributed by atoms with Crippen LogP contribution in [0.5, 0.6) is 0 Å². The molecule has 1 N–H and O–H groups in total. The molecule has 0 aromatic heterocycles. The molecule has 0 spiro atoms. The number of aldehydes is 1. The van der Waals surface area contributed by atoms with Gasteiger partial charge in [-0.25, -0.2) is 0 Å². The van der Waals surface area contributed by atoms with E-state index in [0.29, 0.717) is 19.1 Å². The van der Waals surface area contributed by atoms with Crippen molar-refractivity contribution in [2.45, 2.75) is 33.1 Å². The van der Waals surface area contributed by atoms with Gasteiger partial charge in [0.15, 0.2) is 0 Å². The minimum absolute atomic E-state index is 0.120. The summed E-state index contributed by atoms with van der Waals surface area (Å²) < 4.78 is 0. The Labute approximate surface area is 66.4 Å². The van der Waals surface area contributed by atoms with Crippen molar-refractivity contribution >= 4 is 12.3 Å². The molecule has 0 aromatic rings. The number of aliphatic carboxylic acids is 1. The predicted octanol–water partition coefficient (Wildman–Crippen LogP) is 1.47. The van der Waals surface area contributed by atoms with Gasteiger partial charge in [-0.1, -0.05) is 13.8 Å². The molecule has 0 rings (SSSR count). The number of rotatable bonds is 5. The topological polar surface area (TPSA) is 54.4 Å². The molecule has 0 aliphatic carbocycles. The summed E-state index contributed by atoms with van der Waals surface area (Å²) in [6.45, 7) is 3.59. The highest BCUT2D eigenvalue weighted by atomic mass is 16.4. The first kappa shape index (κ1) is 10.1. The van der Waals surface area contributed by atoms with Gasteiger partial charge in [0.2, 0.25) is 0 Å². The highest BCUT2D eigenvalue weighted by molar-refractivity contribution is 5.77. The molecule has 3 heteroatoms. The van der Waals surface area contributed by atoms with Crippen LogP contribution in [0.4, 0.5) is 0 Å².